The van der Waals surface area contributed by atoms with Crippen LogP contribution in [0.1, 0.15) is 16.9 Å². The molecular weight excluding hydrogens is 595 g/mol. The molecule has 0 bridgehead atoms. The van der Waals surface area contributed by atoms with Crippen LogP contribution in [0.15, 0.2) is 105 Å². The van der Waals surface area contributed by atoms with Crippen LogP contribution in [0, 0.1) is 5.82 Å². The smallest absolute Gasteiger partial charge is 0.267 e. The van der Waals surface area contributed by atoms with Gasteiger partial charge in [0.05, 0.1) is 31.0 Å². The standard InChI is InChI=1S/C31H24ClFN4O5S/c1-40-26-7-3-2-5-20(26)17-34-36-31-37(18-25-6-4-14-41-25)30(39)28(43-31)16-21-15-22(32)8-13-27(21)42-19-29(38)35-24-11-9-23(33)10-12-24/h2-17H,18-19H2,1H3,(H,35,38)/b28-16-,34-17+,36-31-. The number of nitrogens with zero attached hydrogens (tertiary/aromatic N) is 3. The number of ether oxygens (including phenoxy) is 2. The molecule has 0 aliphatic carbocycles. The van der Waals surface area contributed by atoms with Crippen molar-refractivity contribution in [3.05, 3.63) is 118 Å². The molecule has 0 spiro atoms. The molecule has 5 rings (SSSR count). The van der Waals surface area contributed by atoms with Crippen LogP contribution < -0.4 is 14.8 Å². The minimum atomic E-state index is -0.446. The fraction of sp³-hybridized carbons (Fsp3) is 0.0968. The van der Waals surface area contributed by atoms with E-state index in [1.165, 1.54) is 35.4 Å². The second-order valence-electron chi connectivity index (χ2n) is 8.98. The highest BCUT2D eigenvalue weighted by Crippen LogP contribution is 2.36. The van der Waals surface area contributed by atoms with E-state index >= 15 is 0 Å². The average molecular weight is 619 g/mol. The fourth-order valence-corrected chi connectivity index (χ4v) is 5.08. The molecule has 0 saturated carbocycles. The maximum Gasteiger partial charge on any atom is 0.267 e. The molecule has 4 aromatic rings. The van der Waals surface area contributed by atoms with E-state index in [0.717, 1.165) is 17.3 Å². The molecule has 9 nitrogen and oxygen atoms in total. The Bertz CT molecular complexity index is 1710. The molecule has 1 aliphatic heterocycles. The number of furan rings is 1. The minimum Gasteiger partial charge on any atom is -0.496 e. The third kappa shape index (κ3) is 7.70. The molecule has 43 heavy (non-hydrogen) atoms. The van der Waals surface area contributed by atoms with Crippen LogP contribution in [0.4, 0.5) is 10.1 Å². The van der Waals surface area contributed by atoms with Gasteiger partial charge in [-0.15, -0.1) is 5.10 Å². The second kappa shape index (κ2) is 13.9. The third-order valence-electron chi connectivity index (χ3n) is 6.01. The molecule has 1 N–H and O–H groups in total. The summed E-state index contributed by atoms with van der Waals surface area (Å²) in [6, 6.07) is 21.1. The van der Waals surface area contributed by atoms with Crippen LogP contribution >= 0.6 is 23.4 Å². The highest BCUT2D eigenvalue weighted by Gasteiger charge is 2.34. The number of amides is 2. The van der Waals surface area contributed by atoms with Crippen LogP contribution in [-0.4, -0.2) is 41.8 Å². The fourth-order valence-electron chi connectivity index (χ4n) is 3.97. The zero-order valence-corrected chi connectivity index (χ0v) is 24.3. The number of carbonyl (C=O) groups excluding carboxylic acids is 2. The number of nitrogens with one attached hydrogen (secondary N) is 1. The quantitative estimate of drug-likeness (QED) is 0.122. The Morgan fingerprint density at radius 3 is 2.65 bits per heavy atom. The Morgan fingerprint density at radius 2 is 1.88 bits per heavy atom. The molecule has 1 aliphatic rings. The van der Waals surface area contributed by atoms with Gasteiger partial charge in [0.2, 0.25) is 0 Å². The predicted octanol–water partition coefficient (Wildman–Crippen LogP) is 6.60. The highest BCUT2D eigenvalue weighted by molar-refractivity contribution is 8.18. The minimum absolute atomic E-state index is 0.141. The number of hydrogen-bond donors (Lipinski definition) is 1. The van der Waals surface area contributed by atoms with Gasteiger partial charge in [-0.25, -0.2) is 4.39 Å². The van der Waals surface area contributed by atoms with Crippen LogP contribution in [0.5, 0.6) is 11.5 Å². The number of anilines is 1. The summed E-state index contributed by atoms with van der Waals surface area (Å²) in [7, 11) is 1.57. The number of thioether (sulfide) groups is 1. The largest absolute Gasteiger partial charge is 0.496 e. The van der Waals surface area contributed by atoms with E-state index in [2.05, 4.69) is 15.5 Å². The Balaban J connectivity index is 1.37. The predicted molar refractivity (Wildman–Crippen MR) is 165 cm³/mol. The van der Waals surface area contributed by atoms with Crippen molar-refractivity contribution in [1.82, 2.24) is 4.90 Å². The molecule has 0 radical (unpaired) electrons. The van der Waals surface area contributed by atoms with Gasteiger partial charge in [0, 0.05) is 21.8 Å². The van der Waals surface area contributed by atoms with Crippen molar-refractivity contribution in [1.29, 1.82) is 0 Å². The number of carbonyl (C=O) groups is 2. The first-order valence-electron chi connectivity index (χ1n) is 12.8. The lowest BCUT2D eigenvalue weighted by atomic mass is 10.2. The summed E-state index contributed by atoms with van der Waals surface area (Å²) in [4.78, 5) is 27.8. The van der Waals surface area contributed by atoms with E-state index in [1.807, 2.05) is 24.3 Å². The van der Waals surface area contributed by atoms with Crippen LogP contribution in [-0.2, 0) is 16.1 Å². The first kappa shape index (κ1) is 29.6. The summed E-state index contributed by atoms with van der Waals surface area (Å²) in [6.07, 6.45) is 4.69. The SMILES string of the molecule is COc1ccccc1/C=N/N=C1\S/C(=C\c2cc(Cl)ccc2OCC(=O)Nc2ccc(F)cc2)C(=O)N1Cc1ccco1. The lowest BCUT2D eigenvalue weighted by Gasteiger charge is -2.13. The number of amidine groups is 1. The molecule has 0 atom stereocenters. The van der Waals surface area contributed by atoms with E-state index in [0.29, 0.717) is 43.6 Å². The Hall–Kier alpha value is -4.87. The van der Waals surface area contributed by atoms with Crippen molar-refractivity contribution in [3.8, 4) is 11.5 Å². The van der Waals surface area contributed by atoms with Gasteiger partial charge in [0.1, 0.15) is 23.1 Å². The van der Waals surface area contributed by atoms with E-state index < -0.39 is 11.7 Å². The number of benzene rings is 3. The summed E-state index contributed by atoms with van der Waals surface area (Å²) in [5, 5.41) is 11.9. The number of halogens is 2. The van der Waals surface area contributed by atoms with Crippen molar-refractivity contribution in [2.75, 3.05) is 19.0 Å². The summed E-state index contributed by atoms with van der Waals surface area (Å²) in [5.74, 6) is 0.347. The van der Waals surface area contributed by atoms with Gasteiger partial charge in [-0.2, -0.15) is 5.10 Å². The monoisotopic (exact) mass is 618 g/mol. The summed E-state index contributed by atoms with van der Waals surface area (Å²) in [6.45, 7) is -0.188. The molecule has 0 unspecified atom stereocenters. The summed E-state index contributed by atoms with van der Waals surface area (Å²) in [5.41, 5.74) is 1.63. The lowest BCUT2D eigenvalue weighted by Crippen LogP contribution is -2.28. The number of para-hydroxylation sites is 1. The van der Waals surface area contributed by atoms with Crippen LogP contribution in [0.25, 0.3) is 6.08 Å². The molecule has 1 fully saturated rings. The van der Waals surface area contributed by atoms with Crippen molar-refractivity contribution >= 4 is 58.3 Å². The molecule has 2 heterocycles. The number of hydrogen-bond acceptors (Lipinski definition) is 8. The van der Waals surface area contributed by atoms with Crippen LogP contribution in [0.2, 0.25) is 5.02 Å². The van der Waals surface area contributed by atoms with Crippen molar-refractivity contribution in [3.63, 3.8) is 0 Å². The van der Waals surface area contributed by atoms with E-state index in [9.17, 15) is 14.0 Å². The highest BCUT2D eigenvalue weighted by atomic mass is 35.5. The Kier molecular flexibility index (Phi) is 9.55. The maximum absolute atomic E-state index is 13.5. The second-order valence-corrected chi connectivity index (χ2v) is 10.4. The van der Waals surface area contributed by atoms with Crippen molar-refractivity contribution < 1.29 is 27.9 Å². The van der Waals surface area contributed by atoms with Crippen molar-refractivity contribution in [2.45, 2.75) is 6.54 Å². The first-order chi connectivity index (χ1) is 20.9. The normalized spacial score (nSPS) is 15.0. The van der Waals surface area contributed by atoms with Gasteiger partial charge >= 0.3 is 0 Å². The van der Waals surface area contributed by atoms with Gasteiger partial charge in [-0.05, 0) is 84.6 Å². The van der Waals surface area contributed by atoms with Gasteiger partial charge in [-0.1, -0.05) is 23.7 Å². The maximum atomic E-state index is 13.5. The summed E-state index contributed by atoms with van der Waals surface area (Å²) >= 11 is 7.39. The molecule has 1 aromatic heterocycles. The Labute approximate surface area is 255 Å². The van der Waals surface area contributed by atoms with E-state index in [-0.39, 0.29) is 19.1 Å². The zero-order valence-electron chi connectivity index (χ0n) is 22.7. The topological polar surface area (TPSA) is 106 Å². The van der Waals surface area contributed by atoms with Gasteiger partial charge in [0.15, 0.2) is 11.8 Å². The number of methoxy groups -OCH3 is 1. The molecular formula is C31H24ClFN4O5S. The van der Waals surface area contributed by atoms with Gasteiger partial charge < -0.3 is 19.2 Å². The van der Waals surface area contributed by atoms with E-state index in [4.69, 9.17) is 25.5 Å². The molecule has 3 aromatic carbocycles. The zero-order chi connectivity index (χ0) is 30.2. The van der Waals surface area contributed by atoms with Gasteiger partial charge in [0.25, 0.3) is 11.8 Å². The third-order valence-corrected chi connectivity index (χ3v) is 7.24. The average Bonchev–Trinajstić information content (AvgIpc) is 3.62. The first-order valence-corrected chi connectivity index (χ1v) is 14.0. The molecule has 2 amide bonds. The molecule has 1 saturated heterocycles. The van der Waals surface area contributed by atoms with Gasteiger partial charge in [-0.3, -0.25) is 14.5 Å². The molecule has 12 heteroatoms. The Morgan fingerprint density at radius 1 is 1.07 bits per heavy atom. The summed E-state index contributed by atoms with van der Waals surface area (Å²) < 4.78 is 29.7. The van der Waals surface area contributed by atoms with Crippen LogP contribution in [0.3, 0.4) is 0 Å². The lowest BCUT2D eigenvalue weighted by molar-refractivity contribution is -0.122. The van der Waals surface area contributed by atoms with Crippen molar-refractivity contribution in [2.24, 2.45) is 10.2 Å². The molecule has 218 valence electrons. The number of rotatable bonds is 10. The van der Waals surface area contributed by atoms with E-state index in [1.54, 1.807) is 49.7 Å².